The number of fused-ring (bicyclic) bond motifs is 1. The van der Waals surface area contributed by atoms with E-state index in [1.807, 2.05) is 43.3 Å². The van der Waals surface area contributed by atoms with Crippen LogP contribution in [0.4, 0.5) is 5.69 Å². The van der Waals surface area contributed by atoms with Crippen LogP contribution in [0, 0.1) is 0 Å². The van der Waals surface area contributed by atoms with Gasteiger partial charge in [0, 0.05) is 28.0 Å². The van der Waals surface area contributed by atoms with Crippen molar-refractivity contribution in [3.8, 4) is 0 Å². The Labute approximate surface area is 156 Å². The molecule has 1 heterocycles. The molecule has 0 saturated heterocycles. The number of aromatic amines is 1. The molecule has 6 heteroatoms. The Morgan fingerprint density at radius 1 is 1.12 bits per heavy atom. The van der Waals surface area contributed by atoms with E-state index < -0.39 is 0 Å². The number of H-pyrrole nitrogens is 1. The van der Waals surface area contributed by atoms with Crippen LogP contribution in [0.3, 0.4) is 0 Å². The minimum Gasteiger partial charge on any atom is -0.351 e. The Hall–Kier alpha value is -2.79. The van der Waals surface area contributed by atoms with Gasteiger partial charge in [0.15, 0.2) is 0 Å². The van der Waals surface area contributed by atoms with Gasteiger partial charge in [0.2, 0.25) is 5.91 Å². The third kappa shape index (κ3) is 4.06. The van der Waals surface area contributed by atoms with Gasteiger partial charge in [-0.1, -0.05) is 30.7 Å². The van der Waals surface area contributed by atoms with Crippen molar-refractivity contribution in [2.75, 3.05) is 5.32 Å². The Bertz CT molecular complexity index is 947. The Kier molecular flexibility index (Phi) is 5.28. The van der Waals surface area contributed by atoms with Gasteiger partial charge in [0.1, 0.15) is 5.69 Å². The van der Waals surface area contributed by atoms with Crippen LogP contribution in [-0.2, 0) is 4.79 Å². The summed E-state index contributed by atoms with van der Waals surface area (Å²) < 4.78 is 0. The number of benzene rings is 2. The Morgan fingerprint density at radius 3 is 2.54 bits per heavy atom. The highest BCUT2D eigenvalue weighted by atomic mass is 35.5. The average molecular weight is 370 g/mol. The second-order valence-corrected chi connectivity index (χ2v) is 6.57. The molecule has 1 unspecified atom stereocenters. The number of halogens is 1. The third-order valence-corrected chi connectivity index (χ3v) is 4.43. The molecule has 2 amide bonds. The van der Waals surface area contributed by atoms with Crippen LogP contribution in [0.2, 0.25) is 5.02 Å². The molecule has 0 fully saturated rings. The summed E-state index contributed by atoms with van der Waals surface area (Å²) in [5, 5.41) is 7.30. The molecule has 0 aliphatic heterocycles. The zero-order valence-corrected chi connectivity index (χ0v) is 15.4. The molecule has 1 atom stereocenters. The number of aromatic nitrogens is 1. The lowest BCUT2D eigenvalue weighted by molar-refractivity contribution is -0.115. The molecule has 0 spiro atoms. The van der Waals surface area contributed by atoms with E-state index in [4.69, 9.17) is 11.6 Å². The summed E-state index contributed by atoms with van der Waals surface area (Å²) in [6.45, 7) is 3.72. The summed E-state index contributed by atoms with van der Waals surface area (Å²) >= 11 is 5.98. The van der Waals surface area contributed by atoms with Crippen molar-refractivity contribution < 1.29 is 9.59 Å². The molecule has 2 aromatic carbocycles. The van der Waals surface area contributed by atoms with E-state index in [1.54, 1.807) is 19.1 Å². The van der Waals surface area contributed by atoms with E-state index in [1.165, 1.54) is 0 Å². The van der Waals surface area contributed by atoms with E-state index in [2.05, 4.69) is 15.6 Å². The van der Waals surface area contributed by atoms with Crippen molar-refractivity contribution in [1.29, 1.82) is 0 Å². The van der Waals surface area contributed by atoms with Crippen LogP contribution >= 0.6 is 11.6 Å². The standard InChI is InChI=1S/C20H20ClN3O2/c1-3-19(25)23-16-7-4-13(5-8-16)12(2)22-20(26)18-11-14-10-15(21)6-9-17(14)24-18/h4-12,24H,3H2,1-2H3,(H,22,26)(H,23,25). The molecule has 0 aliphatic rings. The van der Waals surface area contributed by atoms with Crippen molar-refractivity contribution in [2.24, 2.45) is 0 Å². The number of anilines is 1. The largest absolute Gasteiger partial charge is 0.351 e. The second-order valence-electron chi connectivity index (χ2n) is 6.13. The van der Waals surface area contributed by atoms with Crippen molar-refractivity contribution in [3.05, 3.63) is 64.8 Å². The fourth-order valence-electron chi connectivity index (χ4n) is 2.69. The molecule has 3 N–H and O–H groups in total. The molecule has 0 bridgehead atoms. The van der Waals surface area contributed by atoms with Gasteiger partial charge in [-0.2, -0.15) is 0 Å². The van der Waals surface area contributed by atoms with Crippen molar-refractivity contribution in [1.82, 2.24) is 10.3 Å². The number of carbonyl (C=O) groups excluding carboxylic acids is 2. The minimum absolute atomic E-state index is 0.0296. The maximum absolute atomic E-state index is 12.5. The summed E-state index contributed by atoms with van der Waals surface area (Å²) in [4.78, 5) is 27.0. The lowest BCUT2D eigenvalue weighted by Gasteiger charge is -2.14. The van der Waals surface area contributed by atoms with Crippen LogP contribution in [0.25, 0.3) is 10.9 Å². The maximum atomic E-state index is 12.5. The zero-order valence-electron chi connectivity index (χ0n) is 14.6. The fraction of sp³-hybridized carbons (Fsp3) is 0.200. The number of hydrogen-bond donors (Lipinski definition) is 3. The molecule has 26 heavy (non-hydrogen) atoms. The van der Waals surface area contributed by atoms with Gasteiger partial charge in [0.05, 0.1) is 6.04 Å². The lowest BCUT2D eigenvalue weighted by atomic mass is 10.1. The summed E-state index contributed by atoms with van der Waals surface area (Å²) in [7, 11) is 0. The van der Waals surface area contributed by atoms with Crippen molar-refractivity contribution >= 4 is 40.0 Å². The molecule has 3 rings (SSSR count). The molecule has 3 aromatic rings. The molecule has 1 aromatic heterocycles. The minimum atomic E-state index is -0.187. The molecule has 5 nitrogen and oxygen atoms in total. The quantitative estimate of drug-likeness (QED) is 0.611. The van der Waals surface area contributed by atoms with Crippen LogP contribution in [0.1, 0.15) is 42.4 Å². The lowest BCUT2D eigenvalue weighted by Crippen LogP contribution is -2.26. The first-order valence-electron chi connectivity index (χ1n) is 8.45. The van der Waals surface area contributed by atoms with Crippen LogP contribution < -0.4 is 10.6 Å². The van der Waals surface area contributed by atoms with Gasteiger partial charge in [0.25, 0.3) is 5.91 Å². The normalized spacial score (nSPS) is 12.0. The second kappa shape index (κ2) is 7.62. The number of rotatable bonds is 5. The topological polar surface area (TPSA) is 74.0 Å². The van der Waals surface area contributed by atoms with E-state index in [0.717, 1.165) is 22.2 Å². The Balaban J connectivity index is 1.68. The molecular weight excluding hydrogens is 350 g/mol. The molecule has 0 saturated carbocycles. The van der Waals surface area contributed by atoms with Crippen LogP contribution in [-0.4, -0.2) is 16.8 Å². The smallest absolute Gasteiger partial charge is 0.268 e. The van der Waals surface area contributed by atoms with Crippen molar-refractivity contribution in [2.45, 2.75) is 26.3 Å². The Morgan fingerprint density at radius 2 is 1.85 bits per heavy atom. The average Bonchev–Trinajstić information content (AvgIpc) is 3.05. The van der Waals surface area contributed by atoms with E-state index in [-0.39, 0.29) is 17.9 Å². The molecule has 134 valence electrons. The predicted molar refractivity (Wildman–Crippen MR) is 105 cm³/mol. The highest BCUT2D eigenvalue weighted by Crippen LogP contribution is 2.21. The van der Waals surface area contributed by atoms with Crippen LogP contribution in [0.15, 0.2) is 48.5 Å². The summed E-state index contributed by atoms with van der Waals surface area (Å²) in [5.41, 5.74) is 3.04. The van der Waals surface area contributed by atoms with Gasteiger partial charge in [-0.15, -0.1) is 0 Å². The highest BCUT2D eigenvalue weighted by Gasteiger charge is 2.14. The van der Waals surface area contributed by atoms with Gasteiger partial charge in [-0.25, -0.2) is 0 Å². The molecule has 0 aliphatic carbocycles. The zero-order chi connectivity index (χ0) is 18.7. The summed E-state index contributed by atoms with van der Waals surface area (Å²) in [5.74, 6) is -0.216. The monoisotopic (exact) mass is 369 g/mol. The SMILES string of the molecule is CCC(=O)Nc1ccc(C(C)NC(=O)c2cc3cc(Cl)ccc3[nH]2)cc1. The number of hydrogen-bond acceptors (Lipinski definition) is 2. The highest BCUT2D eigenvalue weighted by molar-refractivity contribution is 6.31. The van der Waals surface area contributed by atoms with Gasteiger partial charge in [-0.3, -0.25) is 9.59 Å². The number of carbonyl (C=O) groups is 2. The van der Waals surface area contributed by atoms with E-state index in [9.17, 15) is 9.59 Å². The third-order valence-electron chi connectivity index (χ3n) is 4.19. The van der Waals surface area contributed by atoms with Gasteiger partial charge < -0.3 is 15.6 Å². The fourth-order valence-corrected chi connectivity index (χ4v) is 2.87. The molecular formula is C20H20ClN3O2. The summed E-state index contributed by atoms with van der Waals surface area (Å²) in [6, 6.07) is 14.5. The van der Waals surface area contributed by atoms with E-state index in [0.29, 0.717) is 17.1 Å². The van der Waals surface area contributed by atoms with E-state index >= 15 is 0 Å². The first-order chi connectivity index (χ1) is 12.5. The first kappa shape index (κ1) is 18.0. The molecule has 0 radical (unpaired) electrons. The predicted octanol–water partition coefficient (Wildman–Crippen LogP) is 4.66. The number of nitrogens with one attached hydrogen (secondary N) is 3. The van der Waals surface area contributed by atoms with Crippen LogP contribution in [0.5, 0.6) is 0 Å². The van der Waals surface area contributed by atoms with Crippen molar-refractivity contribution in [3.63, 3.8) is 0 Å². The van der Waals surface area contributed by atoms with Gasteiger partial charge in [-0.05, 0) is 48.9 Å². The summed E-state index contributed by atoms with van der Waals surface area (Å²) in [6.07, 6.45) is 0.434. The van der Waals surface area contributed by atoms with Gasteiger partial charge >= 0.3 is 0 Å². The first-order valence-corrected chi connectivity index (χ1v) is 8.83. The number of amides is 2. The maximum Gasteiger partial charge on any atom is 0.268 e.